The molecule has 0 amide bonds. The summed E-state index contributed by atoms with van der Waals surface area (Å²) in [5, 5.41) is 13.0. The highest BCUT2D eigenvalue weighted by atomic mass is 16.5. The number of benzene rings is 2. The zero-order valence-electron chi connectivity index (χ0n) is 11.4. The van der Waals surface area contributed by atoms with Gasteiger partial charge in [0.25, 0.3) is 0 Å². The van der Waals surface area contributed by atoms with E-state index in [-0.39, 0.29) is 0 Å². The average Bonchev–Trinajstić information content (AvgIpc) is 2.55. The molecular weight excluding hydrogens is 264 g/mol. The molecule has 3 rings (SSSR count). The van der Waals surface area contributed by atoms with Gasteiger partial charge in [-0.15, -0.1) is 0 Å². The average molecular weight is 276 g/mol. The van der Waals surface area contributed by atoms with Gasteiger partial charge in [0.05, 0.1) is 24.3 Å². The van der Waals surface area contributed by atoms with Gasteiger partial charge in [-0.3, -0.25) is 0 Å². The molecule has 0 saturated heterocycles. The molecule has 21 heavy (non-hydrogen) atoms. The Kier molecular flexibility index (Phi) is 3.36. The molecule has 0 aliphatic rings. The van der Waals surface area contributed by atoms with Crippen molar-refractivity contribution in [3.8, 4) is 11.8 Å². The van der Waals surface area contributed by atoms with Gasteiger partial charge in [0.2, 0.25) is 0 Å². The fraction of sp³-hybridized carbons (Fsp3) is 0.0625. The summed E-state index contributed by atoms with van der Waals surface area (Å²) in [6, 6.07) is 15.0. The highest BCUT2D eigenvalue weighted by Crippen LogP contribution is 2.26. The highest BCUT2D eigenvalue weighted by Gasteiger charge is 2.06. The fourth-order valence-corrected chi connectivity index (χ4v) is 2.07. The van der Waals surface area contributed by atoms with Gasteiger partial charge in [-0.2, -0.15) is 5.26 Å². The Labute approximate surface area is 121 Å². The predicted octanol–water partition coefficient (Wildman–Crippen LogP) is 3.25. The highest BCUT2D eigenvalue weighted by molar-refractivity contribution is 5.91. The van der Waals surface area contributed by atoms with Crippen molar-refractivity contribution in [2.24, 2.45) is 0 Å². The number of anilines is 2. The van der Waals surface area contributed by atoms with E-state index in [1.165, 1.54) is 6.33 Å². The minimum absolute atomic E-state index is 0.593. The summed E-state index contributed by atoms with van der Waals surface area (Å²) in [4.78, 5) is 8.51. The van der Waals surface area contributed by atoms with Crippen LogP contribution in [0.3, 0.4) is 0 Å². The first-order chi connectivity index (χ1) is 10.3. The largest absolute Gasteiger partial charge is 0.497 e. The summed E-state index contributed by atoms with van der Waals surface area (Å²) in [7, 11) is 1.62. The van der Waals surface area contributed by atoms with E-state index in [9.17, 15) is 0 Å². The monoisotopic (exact) mass is 276 g/mol. The maximum atomic E-state index is 8.95. The Morgan fingerprint density at radius 3 is 2.86 bits per heavy atom. The number of rotatable bonds is 3. The molecule has 1 aromatic heterocycles. The molecule has 5 heteroatoms. The van der Waals surface area contributed by atoms with Crippen molar-refractivity contribution in [3.63, 3.8) is 0 Å². The summed E-state index contributed by atoms with van der Waals surface area (Å²) in [5.74, 6) is 1.42. The molecule has 0 saturated carbocycles. The van der Waals surface area contributed by atoms with Crippen molar-refractivity contribution in [2.75, 3.05) is 12.4 Å². The maximum Gasteiger partial charge on any atom is 0.141 e. The van der Waals surface area contributed by atoms with Crippen LogP contribution in [0.5, 0.6) is 5.75 Å². The SMILES string of the molecule is COc1ccc2ncnc(Nc3cccc(C#N)c3)c2c1. The van der Waals surface area contributed by atoms with E-state index < -0.39 is 0 Å². The lowest BCUT2D eigenvalue weighted by Crippen LogP contribution is -1.96. The lowest BCUT2D eigenvalue weighted by molar-refractivity contribution is 0.415. The van der Waals surface area contributed by atoms with Crippen LogP contribution >= 0.6 is 0 Å². The van der Waals surface area contributed by atoms with Crippen molar-refractivity contribution in [2.45, 2.75) is 0 Å². The van der Waals surface area contributed by atoms with E-state index >= 15 is 0 Å². The summed E-state index contributed by atoms with van der Waals surface area (Å²) in [6.45, 7) is 0. The topological polar surface area (TPSA) is 70.8 Å². The molecule has 2 aromatic carbocycles. The lowest BCUT2D eigenvalue weighted by atomic mass is 10.2. The van der Waals surface area contributed by atoms with E-state index in [4.69, 9.17) is 10.00 Å². The molecule has 0 aliphatic carbocycles. The van der Waals surface area contributed by atoms with Gasteiger partial charge in [-0.25, -0.2) is 9.97 Å². The van der Waals surface area contributed by atoms with Gasteiger partial charge in [0, 0.05) is 11.1 Å². The van der Waals surface area contributed by atoms with E-state index in [0.29, 0.717) is 11.4 Å². The van der Waals surface area contributed by atoms with Gasteiger partial charge in [0.15, 0.2) is 0 Å². The summed E-state index contributed by atoms with van der Waals surface area (Å²) in [5.41, 5.74) is 2.22. The van der Waals surface area contributed by atoms with E-state index in [1.54, 1.807) is 19.2 Å². The Hall–Kier alpha value is -3.13. The second kappa shape index (κ2) is 5.47. The molecule has 1 heterocycles. The number of nitrogens with one attached hydrogen (secondary N) is 1. The van der Waals surface area contributed by atoms with E-state index in [0.717, 1.165) is 22.3 Å². The second-order valence-corrected chi connectivity index (χ2v) is 4.42. The number of methoxy groups -OCH3 is 1. The molecule has 0 spiro atoms. The third-order valence-electron chi connectivity index (χ3n) is 3.10. The standard InChI is InChI=1S/C16H12N4O/c1-21-13-5-6-15-14(8-13)16(19-10-18-15)20-12-4-2-3-11(7-12)9-17/h2-8,10H,1H3,(H,18,19,20). The van der Waals surface area contributed by atoms with Crippen molar-refractivity contribution >= 4 is 22.4 Å². The van der Waals surface area contributed by atoms with E-state index in [1.807, 2.05) is 30.3 Å². The van der Waals surface area contributed by atoms with Crippen LogP contribution in [-0.2, 0) is 0 Å². The number of hydrogen-bond acceptors (Lipinski definition) is 5. The first-order valence-corrected chi connectivity index (χ1v) is 6.36. The number of nitrogens with zero attached hydrogens (tertiary/aromatic N) is 3. The quantitative estimate of drug-likeness (QED) is 0.795. The third-order valence-corrected chi connectivity index (χ3v) is 3.10. The Balaban J connectivity index is 2.05. The smallest absolute Gasteiger partial charge is 0.141 e. The lowest BCUT2D eigenvalue weighted by Gasteiger charge is -2.09. The summed E-state index contributed by atoms with van der Waals surface area (Å²) < 4.78 is 5.24. The van der Waals surface area contributed by atoms with Gasteiger partial charge in [-0.05, 0) is 36.4 Å². The number of fused-ring (bicyclic) bond motifs is 1. The molecule has 0 fully saturated rings. The van der Waals surface area contributed by atoms with Crippen molar-refractivity contribution < 1.29 is 4.74 Å². The van der Waals surface area contributed by atoms with Crippen LogP contribution < -0.4 is 10.1 Å². The fourth-order valence-electron chi connectivity index (χ4n) is 2.07. The Bertz CT molecular complexity index is 839. The summed E-state index contributed by atoms with van der Waals surface area (Å²) >= 11 is 0. The zero-order chi connectivity index (χ0) is 14.7. The minimum Gasteiger partial charge on any atom is -0.497 e. The number of nitriles is 1. The molecule has 3 aromatic rings. The zero-order valence-corrected chi connectivity index (χ0v) is 11.4. The van der Waals surface area contributed by atoms with Gasteiger partial charge in [0.1, 0.15) is 17.9 Å². The maximum absolute atomic E-state index is 8.95. The van der Waals surface area contributed by atoms with Crippen LogP contribution in [0.4, 0.5) is 11.5 Å². The molecule has 0 unspecified atom stereocenters. The van der Waals surface area contributed by atoms with Gasteiger partial charge >= 0.3 is 0 Å². The number of aromatic nitrogens is 2. The van der Waals surface area contributed by atoms with Crippen LogP contribution in [0, 0.1) is 11.3 Å². The number of ether oxygens (including phenoxy) is 1. The van der Waals surface area contributed by atoms with Crippen molar-refractivity contribution in [1.29, 1.82) is 5.26 Å². The Morgan fingerprint density at radius 1 is 1.14 bits per heavy atom. The summed E-state index contributed by atoms with van der Waals surface area (Å²) in [6.07, 6.45) is 1.51. The van der Waals surface area contributed by atoms with Crippen LogP contribution in [0.15, 0.2) is 48.8 Å². The van der Waals surface area contributed by atoms with Crippen LogP contribution in [0.2, 0.25) is 0 Å². The Morgan fingerprint density at radius 2 is 2.05 bits per heavy atom. The molecular formula is C16H12N4O. The van der Waals surface area contributed by atoms with Crippen molar-refractivity contribution in [1.82, 2.24) is 9.97 Å². The van der Waals surface area contributed by atoms with Crippen LogP contribution in [0.1, 0.15) is 5.56 Å². The second-order valence-electron chi connectivity index (χ2n) is 4.42. The van der Waals surface area contributed by atoms with E-state index in [2.05, 4.69) is 21.4 Å². The molecule has 0 radical (unpaired) electrons. The van der Waals surface area contributed by atoms with Crippen molar-refractivity contribution in [3.05, 3.63) is 54.4 Å². The molecule has 102 valence electrons. The van der Waals surface area contributed by atoms with Gasteiger partial charge < -0.3 is 10.1 Å². The normalized spacial score (nSPS) is 10.1. The third kappa shape index (κ3) is 2.60. The first kappa shape index (κ1) is 12.9. The molecule has 0 aliphatic heterocycles. The molecule has 1 N–H and O–H groups in total. The molecule has 0 bridgehead atoms. The minimum atomic E-state index is 0.593. The first-order valence-electron chi connectivity index (χ1n) is 6.36. The van der Waals surface area contributed by atoms with Gasteiger partial charge in [-0.1, -0.05) is 6.07 Å². The predicted molar refractivity (Wildman–Crippen MR) is 80.5 cm³/mol. The van der Waals surface area contributed by atoms with Crippen LogP contribution in [0.25, 0.3) is 10.9 Å². The molecule has 0 atom stereocenters. The molecule has 5 nitrogen and oxygen atoms in total. The number of hydrogen-bond donors (Lipinski definition) is 1. The van der Waals surface area contributed by atoms with Crippen LogP contribution in [-0.4, -0.2) is 17.1 Å².